The smallest absolute Gasteiger partial charge is 0.219 e. The van der Waals surface area contributed by atoms with Gasteiger partial charge in [-0.2, -0.15) is 0 Å². The molecular formula is C17H35NO2. The van der Waals surface area contributed by atoms with E-state index in [9.17, 15) is 4.79 Å². The molecule has 0 heterocycles. The Morgan fingerprint density at radius 1 is 1.05 bits per heavy atom. The van der Waals surface area contributed by atoms with Gasteiger partial charge in [-0.15, -0.1) is 0 Å². The van der Waals surface area contributed by atoms with E-state index in [0.29, 0.717) is 6.42 Å². The molecule has 1 amide bonds. The van der Waals surface area contributed by atoms with Crippen molar-refractivity contribution < 1.29 is 9.53 Å². The Morgan fingerprint density at radius 3 is 2.45 bits per heavy atom. The molecule has 3 nitrogen and oxygen atoms in total. The van der Waals surface area contributed by atoms with Gasteiger partial charge in [-0.05, 0) is 18.8 Å². The number of rotatable bonds is 14. The molecule has 0 aromatic rings. The van der Waals surface area contributed by atoms with Gasteiger partial charge in [0.15, 0.2) is 0 Å². The monoisotopic (exact) mass is 285 g/mol. The molecule has 20 heavy (non-hydrogen) atoms. The third kappa shape index (κ3) is 13.9. The number of ether oxygens (including phenoxy) is 1. The van der Waals surface area contributed by atoms with E-state index in [-0.39, 0.29) is 5.91 Å². The Kier molecular flexibility index (Phi) is 14.4. The molecule has 0 saturated carbocycles. The van der Waals surface area contributed by atoms with Gasteiger partial charge >= 0.3 is 0 Å². The number of amides is 1. The number of hydrogen-bond acceptors (Lipinski definition) is 2. The van der Waals surface area contributed by atoms with Gasteiger partial charge in [-0.3, -0.25) is 4.79 Å². The molecule has 0 bridgehead atoms. The molecule has 0 aliphatic heterocycles. The number of hydrogen-bond donors (Lipinski definition) is 1. The van der Waals surface area contributed by atoms with Crippen LogP contribution < -0.4 is 5.32 Å². The highest BCUT2D eigenvalue weighted by Crippen LogP contribution is 2.16. The quantitative estimate of drug-likeness (QED) is 0.483. The van der Waals surface area contributed by atoms with Crippen LogP contribution in [0.2, 0.25) is 0 Å². The summed E-state index contributed by atoms with van der Waals surface area (Å²) in [7, 11) is 1.69. The van der Waals surface area contributed by atoms with E-state index in [1.54, 1.807) is 7.11 Å². The van der Waals surface area contributed by atoms with E-state index < -0.39 is 0 Å². The van der Waals surface area contributed by atoms with Crippen molar-refractivity contribution in [1.29, 1.82) is 0 Å². The minimum atomic E-state index is 0.192. The molecule has 0 radical (unpaired) electrons. The lowest BCUT2D eigenvalue weighted by atomic mass is 9.97. The standard InChI is InChI=1S/C17H35NO2/c1-4-5-11-16(2)12-8-6-7-9-13-17(19)18-14-10-15-20-3/h16H,4-15H2,1-3H3,(H,18,19). The van der Waals surface area contributed by atoms with Gasteiger partial charge in [0, 0.05) is 26.7 Å². The van der Waals surface area contributed by atoms with Crippen molar-refractivity contribution in [2.45, 2.75) is 78.1 Å². The van der Waals surface area contributed by atoms with Gasteiger partial charge in [-0.1, -0.05) is 58.8 Å². The van der Waals surface area contributed by atoms with Crippen LogP contribution in [0.1, 0.15) is 78.1 Å². The van der Waals surface area contributed by atoms with Gasteiger partial charge in [0.25, 0.3) is 0 Å². The van der Waals surface area contributed by atoms with E-state index in [2.05, 4.69) is 19.2 Å². The van der Waals surface area contributed by atoms with Crippen molar-refractivity contribution in [3.05, 3.63) is 0 Å². The number of unbranched alkanes of at least 4 members (excludes halogenated alkanes) is 4. The molecule has 120 valence electrons. The second-order valence-electron chi connectivity index (χ2n) is 5.90. The first-order chi connectivity index (χ1) is 9.70. The summed E-state index contributed by atoms with van der Waals surface area (Å²) in [4.78, 5) is 11.5. The normalized spacial score (nSPS) is 12.3. The lowest BCUT2D eigenvalue weighted by Gasteiger charge is -2.10. The zero-order chi connectivity index (χ0) is 15.1. The Balaban J connectivity index is 3.24. The summed E-state index contributed by atoms with van der Waals surface area (Å²) < 4.78 is 4.94. The maximum Gasteiger partial charge on any atom is 0.219 e. The molecule has 0 aromatic heterocycles. The molecule has 1 atom stereocenters. The fourth-order valence-corrected chi connectivity index (χ4v) is 2.36. The average Bonchev–Trinajstić information content (AvgIpc) is 2.45. The summed E-state index contributed by atoms with van der Waals surface area (Å²) in [6.45, 7) is 6.08. The second-order valence-corrected chi connectivity index (χ2v) is 5.90. The SMILES string of the molecule is CCCCC(C)CCCCCCC(=O)NCCCOC. The van der Waals surface area contributed by atoms with Gasteiger partial charge in [-0.25, -0.2) is 0 Å². The molecule has 1 unspecified atom stereocenters. The van der Waals surface area contributed by atoms with Crippen LogP contribution in [0.3, 0.4) is 0 Å². The van der Waals surface area contributed by atoms with Gasteiger partial charge in [0.05, 0.1) is 0 Å². The van der Waals surface area contributed by atoms with Crippen LogP contribution in [-0.4, -0.2) is 26.2 Å². The minimum Gasteiger partial charge on any atom is -0.385 e. The van der Waals surface area contributed by atoms with Crippen LogP contribution in [0.5, 0.6) is 0 Å². The van der Waals surface area contributed by atoms with Crippen LogP contribution in [0.15, 0.2) is 0 Å². The Bertz CT molecular complexity index is 219. The number of carbonyl (C=O) groups excluding carboxylic acids is 1. The van der Waals surface area contributed by atoms with Crippen molar-refractivity contribution in [2.24, 2.45) is 5.92 Å². The van der Waals surface area contributed by atoms with Crippen molar-refractivity contribution in [3.63, 3.8) is 0 Å². The van der Waals surface area contributed by atoms with Gasteiger partial charge in [0.1, 0.15) is 0 Å². The molecular weight excluding hydrogens is 250 g/mol. The van der Waals surface area contributed by atoms with Crippen LogP contribution in [-0.2, 0) is 9.53 Å². The highest BCUT2D eigenvalue weighted by molar-refractivity contribution is 5.75. The summed E-state index contributed by atoms with van der Waals surface area (Å²) >= 11 is 0. The lowest BCUT2D eigenvalue weighted by Crippen LogP contribution is -2.24. The van der Waals surface area contributed by atoms with E-state index >= 15 is 0 Å². The number of nitrogens with one attached hydrogen (secondary N) is 1. The minimum absolute atomic E-state index is 0.192. The maximum atomic E-state index is 11.5. The van der Waals surface area contributed by atoms with Gasteiger partial charge in [0.2, 0.25) is 5.91 Å². The lowest BCUT2D eigenvalue weighted by molar-refractivity contribution is -0.121. The topological polar surface area (TPSA) is 38.3 Å². The van der Waals surface area contributed by atoms with E-state index in [1.807, 2.05) is 0 Å². The van der Waals surface area contributed by atoms with E-state index in [4.69, 9.17) is 4.74 Å². The highest BCUT2D eigenvalue weighted by Gasteiger charge is 2.02. The first-order valence-corrected chi connectivity index (χ1v) is 8.46. The first kappa shape index (κ1) is 19.4. The van der Waals surface area contributed by atoms with Crippen LogP contribution in [0.25, 0.3) is 0 Å². The molecule has 0 spiro atoms. The summed E-state index contributed by atoms with van der Waals surface area (Å²) in [6.07, 6.45) is 11.8. The molecule has 0 aliphatic carbocycles. The highest BCUT2D eigenvalue weighted by atomic mass is 16.5. The molecule has 0 saturated heterocycles. The molecule has 1 N–H and O–H groups in total. The van der Waals surface area contributed by atoms with Crippen molar-refractivity contribution in [1.82, 2.24) is 5.32 Å². The van der Waals surface area contributed by atoms with Crippen molar-refractivity contribution in [3.8, 4) is 0 Å². The zero-order valence-electron chi connectivity index (χ0n) is 13.9. The Labute approximate surface area is 125 Å². The molecule has 0 aromatic carbocycles. The largest absolute Gasteiger partial charge is 0.385 e. The summed E-state index contributed by atoms with van der Waals surface area (Å²) in [6, 6.07) is 0. The first-order valence-electron chi connectivity index (χ1n) is 8.46. The average molecular weight is 285 g/mol. The molecule has 3 heteroatoms. The fourth-order valence-electron chi connectivity index (χ4n) is 2.36. The van der Waals surface area contributed by atoms with Crippen LogP contribution in [0.4, 0.5) is 0 Å². The summed E-state index contributed by atoms with van der Waals surface area (Å²) in [5.74, 6) is 1.07. The Hall–Kier alpha value is -0.570. The van der Waals surface area contributed by atoms with Crippen molar-refractivity contribution >= 4 is 5.91 Å². The van der Waals surface area contributed by atoms with Crippen LogP contribution in [0, 0.1) is 5.92 Å². The fraction of sp³-hybridized carbons (Fsp3) is 0.941. The zero-order valence-corrected chi connectivity index (χ0v) is 13.9. The third-order valence-electron chi connectivity index (χ3n) is 3.75. The second kappa shape index (κ2) is 14.8. The number of carbonyl (C=O) groups is 1. The number of methoxy groups -OCH3 is 1. The summed E-state index contributed by atoms with van der Waals surface area (Å²) in [5.41, 5.74) is 0. The van der Waals surface area contributed by atoms with Gasteiger partial charge < -0.3 is 10.1 Å². The predicted octanol–water partition coefficient (Wildman–Crippen LogP) is 4.31. The Morgan fingerprint density at radius 2 is 1.75 bits per heavy atom. The van der Waals surface area contributed by atoms with Crippen molar-refractivity contribution in [2.75, 3.05) is 20.3 Å². The molecule has 0 rings (SSSR count). The predicted molar refractivity (Wildman–Crippen MR) is 85.9 cm³/mol. The van der Waals surface area contributed by atoms with Crippen LogP contribution >= 0.6 is 0 Å². The summed E-state index contributed by atoms with van der Waals surface area (Å²) in [5, 5.41) is 2.93. The molecule has 0 fully saturated rings. The third-order valence-corrected chi connectivity index (χ3v) is 3.75. The maximum absolute atomic E-state index is 11.5. The molecule has 0 aliphatic rings. The van der Waals surface area contributed by atoms with E-state index in [1.165, 1.54) is 44.9 Å². The van der Waals surface area contributed by atoms with E-state index in [0.717, 1.165) is 31.9 Å².